The van der Waals surface area contributed by atoms with Crippen LogP contribution in [-0.2, 0) is 9.59 Å². The van der Waals surface area contributed by atoms with Gasteiger partial charge in [-0.3, -0.25) is 9.59 Å². The van der Waals surface area contributed by atoms with E-state index in [1.165, 1.54) is 13.3 Å². The molecule has 2 rings (SSSR count). The lowest BCUT2D eigenvalue weighted by Gasteiger charge is -2.10. The molecule has 0 saturated heterocycles. The molecule has 7 nitrogen and oxygen atoms in total. The van der Waals surface area contributed by atoms with Gasteiger partial charge in [0.05, 0.1) is 24.0 Å². The average molecular weight is 516 g/mol. The Balaban J connectivity index is 1.92. The van der Waals surface area contributed by atoms with Crippen molar-refractivity contribution < 1.29 is 19.1 Å². The van der Waals surface area contributed by atoms with Gasteiger partial charge in [0.2, 0.25) is 11.8 Å². The van der Waals surface area contributed by atoms with E-state index in [4.69, 9.17) is 21.1 Å². The number of methoxy groups -OCH3 is 2. The number of anilines is 1. The van der Waals surface area contributed by atoms with E-state index >= 15 is 0 Å². The molecule has 9 heteroatoms. The number of hydrazone groups is 1. The number of carbonyl (C=O) groups excluding carboxylic acids is 2. The topological polar surface area (TPSA) is 89.0 Å². The number of nitrogens with one attached hydrogen (secondary N) is 2. The van der Waals surface area contributed by atoms with Crippen LogP contribution in [0.15, 0.2) is 35.4 Å². The summed E-state index contributed by atoms with van der Waals surface area (Å²) in [6.45, 7) is 1.86. The number of aryl methyl sites for hydroxylation is 1. The number of ether oxygens (including phenoxy) is 2. The van der Waals surface area contributed by atoms with Crippen molar-refractivity contribution in [2.24, 2.45) is 5.10 Å². The van der Waals surface area contributed by atoms with Crippen molar-refractivity contribution in [3.8, 4) is 11.5 Å². The summed E-state index contributed by atoms with van der Waals surface area (Å²) in [6, 6.07) is 8.68. The van der Waals surface area contributed by atoms with Crippen molar-refractivity contribution in [3.05, 3.63) is 50.1 Å². The summed E-state index contributed by atoms with van der Waals surface area (Å²) in [5.41, 5.74) is 4.46. The van der Waals surface area contributed by atoms with Gasteiger partial charge < -0.3 is 14.8 Å². The molecule has 0 aromatic heterocycles. The highest BCUT2D eigenvalue weighted by Crippen LogP contribution is 2.33. The van der Waals surface area contributed by atoms with Crippen LogP contribution in [0.5, 0.6) is 11.5 Å². The van der Waals surface area contributed by atoms with Crippen molar-refractivity contribution in [2.75, 3.05) is 19.5 Å². The summed E-state index contributed by atoms with van der Waals surface area (Å²) < 4.78 is 11.4. The minimum atomic E-state index is -0.540. The van der Waals surface area contributed by atoms with Gasteiger partial charge in [0.15, 0.2) is 11.5 Å². The van der Waals surface area contributed by atoms with Crippen LogP contribution in [0.3, 0.4) is 0 Å². The Bertz CT molecular complexity index is 918. The molecule has 0 aliphatic rings. The van der Waals surface area contributed by atoms with Crippen LogP contribution in [0.2, 0.25) is 5.02 Å². The largest absolute Gasteiger partial charge is 0.493 e. The lowest BCUT2D eigenvalue weighted by atomic mass is 10.2. The second-order valence-electron chi connectivity index (χ2n) is 5.72. The van der Waals surface area contributed by atoms with Crippen molar-refractivity contribution in [1.29, 1.82) is 0 Å². The molecule has 0 aliphatic heterocycles. The van der Waals surface area contributed by atoms with E-state index in [0.717, 1.165) is 9.13 Å². The van der Waals surface area contributed by atoms with E-state index in [0.29, 0.717) is 27.8 Å². The highest BCUT2D eigenvalue weighted by molar-refractivity contribution is 14.1. The molecule has 0 bridgehead atoms. The Hall–Kier alpha value is -2.33. The highest BCUT2D eigenvalue weighted by Gasteiger charge is 2.11. The molecular weight excluding hydrogens is 497 g/mol. The fraction of sp³-hybridized carbons (Fsp3) is 0.211. The standard InChI is InChI=1S/C19H19ClIN3O4/c1-11-4-5-13(8-14(11)20)23-17(25)9-18(26)24-22-10-12-6-15(21)19(28-3)16(7-12)27-2/h4-8,10H,9H2,1-3H3,(H,23,25)(H,24,26). The minimum Gasteiger partial charge on any atom is -0.493 e. The number of hydrogen-bond donors (Lipinski definition) is 2. The van der Waals surface area contributed by atoms with Crippen LogP contribution in [0.25, 0.3) is 0 Å². The van der Waals surface area contributed by atoms with Crippen LogP contribution in [-0.4, -0.2) is 32.2 Å². The summed E-state index contributed by atoms with van der Waals surface area (Å²) in [5.74, 6) is 0.172. The molecule has 0 saturated carbocycles. The molecule has 2 aromatic carbocycles. The van der Waals surface area contributed by atoms with Crippen LogP contribution in [0.1, 0.15) is 17.5 Å². The minimum absolute atomic E-state index is 0.369. The number of benzene rings is 2. The van der Waals surface area contributed by atoms with E-state index in [-0.39, 0.29) is 6.42 Å². The van der Waals surface area contributed by atoms with Crippen LogP contribution in [0.4, 0.5) is 5.69 Å². The number of amides is 2. The summed E-state index contributed by atoms with van der Waals surface area (Å²) in [4.78, 5) is 23.8. The summed E-state index contributed by atoms with van der Waals surface area (Å²) >= 11 is 8.13. The third kappa shape index (κ3) is 6.10. The van der Waals surface area contributed by atoms with E-state index in [1.807, 2.05) is 13.0 Å². The molecule has 0 spiro atoms. The maximum absolute atomic E-state index is 12.0. The Morgan fingerprint density at radius 2 is 1.93 bits per heavy atom. The summed E-state index contributed by atoms with van der Waals surface area (Å²) in [7, 11) is 3.10. The number of hydrogen-bond acceptors (Lipinski definition) is 5. The number of rotatable bonds is 7. The zero-order valence-electron chi connectivity index (χ0n) is 15.5. The predicted molar refractivity (Wildman–Crippen MR) is 117 cm³/mol. The van der Waals surface area contributed by atoms with E-state index < -0.39 is 11.8 Å². The number of carbonyl (C=O) groups is 2. The molecule has 0 aliphatic carbocycles. The van der Waals surface area contributed by atoms with Gasteiger partial charge in [-0.2, -0.15) is 5.10 Å². The molecule has 0 unspecified atom stereocenters. The van der Waals surface area contributed by atoms with Crippen LogP contribution < -0.4 is 20.2 Å². The molecule has 2 N–H and O–H groups in total. The first-order chi connectivity index (χ1) is 13.3. The third-order valence-corrected chi connectivity index (χ3v) is 4.84. The van der Waals surface area contributed by atoms with Crippen LogP contribution >= 0.6 is 34.2 Å². The monoisotopic (exact) mass is 515 g/mol. The van der Waals surface area contributed by atoms with Gasteiger partial charge >= 0.3 is 0 Å². The van der Waals surface area contributed by atoms with Crippen molar-refractivity contribution >= 4 is 57.9 Å². The van der Waals surface area contributed by atoms with Gasteiger partial charge in [0, 0.05) is 10.7 Å². The number of halogens is 2. The fourth-order valence-electron chi connectivity index (χ4n) is 2.25. The average Bonchev–Trinajstić information content (AvgIpc) is 2.64. The van der Waals surface area contributed by atoms with Crippen molar-refractivity contribution in [1.82, 2.24) is 5.43 Å². The Kier molecular flexibility index (Phi) is 8.06. The zero-order chi connectivity index (χ0) is 20.7. The molecule has 2 amide bonds. The zero-order valence-corrected chi connectivity index (χ0v) is 18.4. The van der Waals surface area contributed by atoms with Crippen molar-refractivity contribution in [2.45, 2.75) is 13.3 Å². The Morgan fingerprint density at radius 1 is 1.18 bits per heavy atom. The first-order valence-corrected chi connectivity index (χ1v) is 9.59. The second kappa shape index (κ2) is 10.3. The molecule has 0 heterocycles. The molecule has 0 fully saturated rings. The van der Waals surface area contributed by atoms with Crippen molar-refractivity contribution in [3.63, 3.8) is 0 Å². The third-order valence-electron chi connectivity index (χ3n) is 3.64. The van der Waals surface area contributed by atoms with Gasteiger partial charge in [0.1, 0.15) is 6.42 Å². The molecular formula is C19H19ClIN3O4. The SMILES string of the molecule is COc1cc(C=NNC(=O)CC(=O)Nc2ccc(C)c(Cl)c2)cc(I)c1OC. The van der Waals surface area contributed by atoms with Gasteiger partial charge in [-0.15, -0.1) is 0 Å². The van der Waals surface area contributed by atoms with E-state index in [1.54, 1.807) is 31.4 Å². The molecule has 148 valence electrons. The fourth-order valence-corrected chi connectivity index (χ4v) is 3.28. The number of nitrogens with zero attached hydrogens (tertiary/aromatic N) is 1. The molecule has 2 aromatic rings. The highest BCUT2D eigenvalue weighted by atomic mass is 127. The molecule has 0 atom stereocenters. The summed E-state index contributed by atoms with van der Waals surface area (Å²) in [6.07, 6.45) is 1.09. The van der Waals surface area contributed by atoms with Gasteiger partial charge in [-0.25, -0.2) is 5.43 Å². The quantitative estimate of drug-likeness (QED) is 0.254. The van der Waals surface area contributed by atoms with E-state index in [2.05, 4.69) is 38.4 Å². The Labute approximate surface area is 181 Å². The predicted octanol–water partition coefficient (Wildman–Crippen LogP) is 3.75. The molecule has 28 heavy (non-hydrogen) atoms. The maximum atomic E-state index is 12.0. The smallest absolute Gasteiger partial charge is 0.249 e. The maximum Gasteiger partial charge on any atom is 0.249 e. The van der Waals surface area contributed by atoms with E-state index in [9.17, 15) is 9.59 Å². The van der Waals surface area contributed by atoms with Gasteiger partial charge in [0.25, 0.3) is 0 Å². The first kappa shape index (κ1) is 22.0. The molecule has 0 radical (unpaired) electrons. The summed E-state index contributed by atoms with van der Waals surface area (Å²) in [5, 5.41) is 7.03. The Morgan fingerprint density at radius 3 is 2.57 bits per heavy atom. The lowest BCUT2D eigenvalue weighted by molar-refractivity contribution is -0.126. The first-order valence-electron chi connectivity index (χ1n) is 8.13. The second-order valence-corrected chi connectivity index (χ2v) is 7.29. The van der Waals surface area contributed by atoms with Crippen LogP contribution in [0, 0.1) is 10.5 Å². The normalized spacial score (nSPS) is 10.6. The lowest BCUT2D eigenvalue weighted by Crippen LogP contribution is -2.24. The van der Waals surface area contributed by atoms with Gasteiger partial charge in [-0.05, 0) is 64.9 Å². The van der Waals surface area contributed by atoms with Gasteiger partial charge in [-0.1, -0.05) is 17.7 Å².